The van der Waals surface area contributed by atoms with Crippen LogP contribution in [0.25, 0.3) is 11.4 Å². The van der Waals surface area contributed by atoms with Gasteiger partial charge in [-0.2, -0.15) is 4.98 Å². The fraction of sp³-hybridized carbons (Fsp3) is 0.545. The van der Waals surface area contributed by atoms with Gasteiger partial charge in [0.25, 0.3) is 0 Å². The summed E-state index contributed by atoms with van der Waals surface area (Å²) in [6.07, 6.45) is 8.98. The highest BCUT2D eigenvalue weighted by atomic mass is 19.1. The van der Waals surface area contributed by atoms with Gasteiger partial charge in [-0.25, -0.2) is 24.4 Å². The van der Waals surface area contributed by atoms with Gasteiger partial charge in [-0.05, 0) is 57.7 Å². The number of anilines is 3. The number of carbonyl (C=O) groups is 2. The van der Waals surface area contributed by atoms with Crippen molar-refractivity contribution >= 4 is 29.3 Å². The van der Waals surface area contributed by atoms with Crippen LogP contribution in [0.1, 0.15) is 69.4 Å². The van der Waals surface area contributed by atoms with E-state index in [0.717, 1.165) is 25.7 Å². The molecule has 0 radical (unpaired) electrons. The van der Waals surface area contributed by atoms with Crippen molar-refractivity contribution in [1.29, 1.82) is 0 Å². The van der Waals surface area contributed by atoms with E-state index >= 15 is 0 Å². The predicted molar refractivity (Wildman–Crippen MR) is 174 cm³/mol. The monoisotopic (exact) mass is 633 g/mol. The van der Waals surface area contributed by atoms with Crippen LogP contribution in [0.5, 0.6) is 0 Å². The Kier molecular flexibility index (Phi) is 9.78. The molecule has 13 heteroatoms. The van der Waals surface area contributed by atoms with Crippen LogP contribution in [0.2, 0.25) is 0 Å². The Morgan fingerprint density at radius 1 is 1.07 bits per heavy atom. The first-order chi connectivity index (χ1) is 22.3. The van der Waals surface area contributed by atoms with E-state index in [4.69, 9.17) is 9.72 Å². The minimum Gasteiger partial charge on any atom is -0.378 e. The van der Waals surface area contributed by atoms with Crippen molar-refractivity contribution < 1.29 is 18.7 Å². The van der Waals surface area contributed by atoms with Crippen LogP contribution in [-0.2, 0) is 9.53 Å². The highest BCUT2D eigenvalue weighted by molar-refractivity contribution is 6.03. The number of halogens is 1. The standard InChI is InChI=1S/C33H44FN9O3/c1-21-12-13-23(31(44)37-25-9-5-4-6-10-25)19-41(21)29-17-27(39-33(35-3)40-29)28-18-36-30(38-28)32(45)43(26-11-7-8-24(34)16-26)42-14-15-46-20-22(42)2/h7-8,11,16-18,21-23,25H,4-6,9-10,12-15,19-20H2,1-3H3,(H,36,38)(H,37,44)(H,35,39,40). The van der Waals surface area contributed by atoms with E-state index in [1.165, 1.54) is 36.4 Å². The van der Waals surface area contributed by atoms with Gasteiger partial charge < -0.3 is 25.3 Å². The summed E-state index contributed by atoms with van der Waals surface area (Å²) in [5.41, 5.74) is 1.49. The zero-order valence-electron chi connectivity index (χ0n) is 26.8. The maximum absolute atomic E-state index is 14.3. The fourth-order valence-electron chi connectivity index (χ4n) is 6.70. The lowest BCUT2D eigenvalue weighted by atomic mass is 9.91. The maximum atomic E-state index is 14.3. The molecule has 46 heavy (non-hydrogen) atoms. The van der Waals surface area contributed by atoms with E-state index in [1.54, 1.807) is 25.4 Å². The number of amides is 2. The number of hydrogen-bond acceptors (Lipinski definition) is 9. The molecule has 4 heterocycles. The summed E-state index contributed by atoms with van der Waals surface area (Å²) in [6.45, 7) is 6.02. The number of H-pyrrole nitrogens is 1. The molecule has 6 rings (SSSR count). The number of aromatic nitrogens is 4. The fourth-order valence-corrected chi connectivity index (χ4v) is 6.70. The van der Waals surface area contributed by atoms with E-state index in [-0.39, 0.29) is 35.8 Å². The molecule has 3 atom stereocenters. The second kappa shape index (κ2) is 14.1. The summed E-state index contributed by atoms with van der Waals surface area (Å²) in [5, 5.41) is 9.71. The Bertz CT molecular complexity index is 1530. The number of nitrogens with zero attached hydrogens (tertiary/aromatic N) is 6. The Balaban J connectivity index is 1.25. The molecule has 1 aliphatic carbocycles. The number of aromatic amines is 1. The average molecular weight is 634 g/mol. The van der Waals surface area contributed by atoms with Crippen LogP contribution in [0.4, 0.5) is 21.8 Å². The SMILES string of the molecule is CNc1nc(-c2cnc(C(=O)N(c3cccc(F)c3)N3CCOCC3C)[nH]2)cc(N2CC(C(=O)NC3CCCCC3)CCC2C)n1. The van der Waals surface area contributed by atoms with E-state index in [2.05, 4.69) is 37.4 Å². The van der Waals surface area contributed by atoms with E-state index < -0.39 is 11.7 Å². The Morgan fingerprint density at radius 2 is 1.89 bits per heavy atom. The number of benzene rings is 1. The molecule has 0 spiro atoms. The topological polar surface area (TPSA) is 132 Å². The molecular weight excluding hydrogens is 589 g/mol. The number of hydrazine groups is 1. The van der Waals surface area contributed by atoms with Crippen LogP contribution >= 0.6 is 0 Å². The zero-order valence-corrected chi connectivity index (χ0v) is 26.8. The van der Waals surface area contributed by atoms with Crippen LogP contribution in [0.3, 0.4) is 0 Å². The summed E-state index contributed by atoms with van der Waals surface area (Å²) in [7, 11) is 1.76. The number of hydrogen-bond donors (Lipinski definition) is 3. The van der Waals surface area contributed by atoms with Crippen molar-refractivity contribution in [2.45, 2.75) is 76.9 Å². The highest BCUT2D eigenvalue weighted by Gasteiger charge is 2.34. The largest absolute Gasteiger partial charge is 0.378 e. The second-order valence-electron chi connectivity index (χ2n) is 12.6. The summed E-state index contributed by atoms with van der Waals surface area (Å²) < 4.78 is 19.9. The third kappa shape index (κ3) is 7.00. The third-order valence-electron chi connectivity index (χ3n) is 9.32. The Morgan fingerprint density at radius 3 is 2.65 bits per heavy atom. The van der Waals surface area contributed by atoms with Crippen molar-refractivity contribution in [2.75, 3.05) is 48.6 Å². The third-order valence-corrected chi connectivity index (χ3v) is 9.32. The molecule has 2 aromatic heterocycles. The molecule has 2 saturated heterocycles. The highest BCUT2D eigenvalue weighted by Crippen LogP contribution is 2.31. The van der Waals surface area contributed by atoms with Gasteiger partial charge in [0, 0.05) is 38.3 Å². The molecular formula is C33H44FN9O3. The van der Waals surface area contributed by atoms with Crippen LogP contribution < -0.4 is 20.5 Å². The molecule has 1 aromatic carbocycles. The maximum Gasteiger partial charge on any atom is 0.308 e. The normalized spacial score (nSPS) is 22.8. The lowest BCUT2D eigenvalue weighted by Crippen LogP contribution is -2.56. The first-order valence-electron chi connectivity index (χ1n) is 16.4. The molecule has 12 nitrogen and oxygen atoms in total. The smallest absolute Gasteiger partial charge is 0.308 e. The molecule has 2 amide bonds. The molecule has 0 bridgehead atoms. The molecule has 1 saturated carbocycles. The van der Waals surface area contributed by atoms with Gasteiger partial charge >= 0.3 is 5.91 Å². The van der Waals surface area contributed by atoms with Crippen molar-refractivity contribution in [1.82, 2.24) is 30.3 Å². The molecule has 246 valence electrons. The number of carbonyl (C=O) groups excluding carboxylic acids is 2. The van der Waals surface area contributed by atoms with Gasteiger partial charge in [0.1, 0.15) is 11.6 Å². The minimum absolute atomic E-state index is 0.0925. The van der Waals surface area contributed by atoms with Gasteiger partial charge in [0.05, 0.1) is 48.4 Å². The molecule has 3 aromatic rings. The number of nitrogens with one attached hydrogen (secondary N) is 3. The summed E-state index contributed by atoms with van der Waals surface area (Å²) in [6, 6.07) is 8.18. The van der Waals surface area contributed by atoms with Gasteiger partial charge in [0.15, 0.2) is 5.82 Å². The number of morpholine rings is 1. The average Bonchev–Trinajstić information content (AvgIpc) is 3.57. The zero-order chi connectivity index (χ0) is 32.2. The van der Waals surface area contributed by atoms with E-state index in [1.807, 2.05) is 18.0 Å². The van der Waals surface area contributed by atoms with Crippen molar-refractivity contribution in [2.24, 2.45) is 5.92 Å². The lowest BCUT2D eigenvalue weighted by Gasteiger charge is -2.41. The van der Waals surface area contributed by atoms with Gasteiger partial charge in [0.2, 0.25) is 11.9 Å². The molecule has 2 aliphatic heterocycles. The van der Waals surface area contributed by atoms with E-state index in [9.17, 15) is 14.0 Å². The van der Waals surface area contributed by atoms with Crippen molar-refractivity contribution in [3.8, 4) is 11.4 Å². The van der Waals surface area contributed by atoms with Gasteiger partial charge in [-0.15, -0.1) is 0 Å². The molecule has 3 unspecified atom stereocenters. The van der Waals surface area contributed by atoms with Crippen LogP contribution in [0, 0.1) is 11.7 Å². The van der Waals surface area contributed by atoms with Crippen molar-refractivity contribution in [3.63, 3.8) is 0 Å². The van der Waals surface area contributed by atoms with Crippen LogP contribution in [-0.4, -0.2) is 88.2 Å². The molecule has 3 fully saturated rings. The van der Waals surface area contributed by atoms with Crippen molar-refractivity contribution in [3.05, 3.63) is 48.2 Å². The summed E-state index contributed by atoms with van der Waals surface area (Å²) in [4.78, 5) is 46.5. The number of piperidine rings is 1. The quantitative estimate of drug-likeness (QED) is 0.331. The Labute approximate surface area is 269 Å². The number of imidazole rings is 1. The number of rotatable bonds is 8. The first-order valence-corrected chi connectivity index (χ1v) is 16.4. The number of ether oxygens (including phenoxy) is 1. The van der Waals surface area contributed by atoms with Gasteiger partial charge in [-0.3, -0.25) is 9.59 Å². The molecule has 3 N–H and O–H groups in total. The summed E-state index contributed by atoms with van der Waals surface area (Å²) >= 11 is 0. The van der Waals surface area contributed by atoms with Gasteiger partial charge in [-0.1, -0.05) is 25.3 Å². The Hall–Kier alpha value is -4.10. The lowest BCUT2D eigenvalue weighted by molar-refractivity contribution is -0.126. The molecule has 3 aliphatic rings. The predicted octanol–water partition coefficient (Wildman–Crippen LogP) is 4.38. The van der Waals surface area contributed by atoms with E-state index in [0.29, 0.717) is 55.1 Å². The minimum atomic E-state index is -0.440. The van der Waals surface area contributed by atoms with Crippen LogP contribution in [0.15, 0.2) is 36.5 Å². The first kappa shape index (κ1) is 31.9. The second-order valence-corrected chi connectivity index (χ2v) is 12.6. The summed E-state index contributed by atoms with van der Waals surface area (Å²) in [5.74, 6) is 0.344.